The number of benzene rings is 1. The van der Waals surface area contributed by atoms with Gasteiger partial charge in [-0.1, -0.05) is 19.1 Å². The van der Waals surface area contributed by atoms with Crippen molar-refractivity contribution in [1.29, 1.82) is 0 Å². The van der Waals surface area contributed by atoms with E-state index in [1.54, 1.807) is 12.1 Å². The number of carbonyl (C=O) groups is 1. The molecule has 0 unspecified atom stereocenters. The first-order valence-corrected chi connectivity index (χ1v) is 9.75. The van der Waals surface area contributed by atoms with E-state index in [-0.39, 0.29) is 29.8 Å². The van der Waals surface area contributed by atoms with E-state index in [0.29, 0.717) is 44.9 Å². The number of halogens is 1. The highest BCUT2D eigenvalue weighted by Crippen LogP contribution is 2.28. The maximum absolute atomic E-state index is 14.0. The topological polar surface area (TPSA) is 58.8 Å². The van der Waals surface area contributed by atoms with Gasteiger partial charge in [-0.2, -0.15) is 0 Å². The lowest BCUT2D eigenvalue weighted by atomic mass is 9.83. The van der Waals surface area contributed by atoms with Gasteiger partial charge in [-0.25, -0.2) is 4.39 Å². The van der Waals surface area contributed by atoms with Gasteiger partial charge in [0.05, 0.1) is 11.8 Å². The highest BCUT2D eigenvalue weighted by molar-refractivity contribution is 5.79. The summed E-state index contributed by atoms with van der Waals surface area (Å²) in [4.78, 5) is 16.9. The van der Waals surface area contributed by atoms with Gasteiger partial charge in [-0.15, -0.1) is 0 Å². The minimum Gasteiger partial charge on any atom is -0.377 e. The van der Waals surface area contributed by atoms with E-state index in [0.717, 1.165) is 19.3 Å². The third-order valence-corrected chi connectivity index (χ3v) is 5.51. The largest absolute Gasteiger partial charge is 0.377 e. The van der Waals surface area contributed by atoms with Crippen LogP contribution in [0.5, 0.6) is 0 Å². The van der Waals surface area contributed by atoms with Gasteiger partial charge in [-0.3, -0.25) is 4.79 Å². The molecule has 1 aliphatic carbocycles. The maximum Gasteiger partial charge on any atom is 0.225 e. The Morgan fingerprint density at radius 1 is 1.23 bits per heavy atom. The third kappa shape index (κ3) is 4.35. The summed E-state index contributed by atoms with van der Waals surface area (Å²) in [6.07, 6.45) is 3.32. The molecule has 2 N–H and O–H groups in total. The van der Waals surface area contributed by atoms with Gasteiger partial charge in [0.2, 0.25) is 5.91 Å². The molecule has 2 fully saturated rings. The Hall–Kier alpha value is -1.66. The summed E-state index contributed by atoms with van der Waals surface area (Å²) in [6, 6.07) is 6.85. The van der Waals surface area contributed by atoms with Crippen molar-refractivity contribution in [2.24, 2.45) is 11.7 Å². The molecule has 0 radical (unpaired) electrons. The molecule has 2 aliphatic rings. The minimum absolute atomic E-state index is 0.00309. The van der Waals surface area contributed by atoms with Gasteiger partial charge in [0.1, 0.15) is 5.82 Å². The van der Waals surface area contributed by atoms with Crippen LogP contribution in [0.2, 0.25) is 0 Å². The molecule has 144 valence electrons. The molecular formula is C20H30FN3O2. The number of para-hydroxylation sites is 1. The molecule has 1 amide bonds. The fourth-order valence-electron chi connectivity index (χ4n) is 3.97. The molecule has 26 heavy (non-hydrogen) atoms. The standard InChI is InChI=1S/C20H30FN3O2/c1-2-13-26-19-14-15(7-8-17(19)22)20(25)24-11-9-23(10-12-24)18-6-4-3-5-16(18)21/h3-6,15,17,19H,2,7-14,22H2,1H3/t15-,17+,19+/m0/s1. The van der Waals surface area contributed by atoms with Crippen LogP contribution in [0, 0.1) is 11.7 Å². The summed E-state index contributed by atoms with van der Waals surface area (Å²) in [6.45, 7) is 5.36. The van der Waals surface area contributed by atoms with Crippen molar-refractivity contribution < 1.29 is 13.9 Å². The number of hydrogen-bond donors (Lipinski definition) is 1. The fourth-order valence-corrected chi connectivity index (χ4v) is 3.97. The van der Waals surface area contributed by atoms with Gasteiger partial charge in [-0.05, 0) is 37.8 Å². The second-order valence-corrected chi connectivity index (χ2v) is 7.35. The van der Waals surface area contributed by atoms with Crippen LogP contribution in [0.25, 0.3) is 0 Å². The van der Waals surface area contributed by atoms with E-state index in [1.807, 2.05) is 15.9 Å². The number of rotatable bonds is 5. The zero-order chi connectivity index (χ0) is 18.5. The zero-order valence-electron chi connectivity index (χ0n) is 15.6. The van der Waals surface area contributed by atoms with Crippen LogP contribution in [-0.4, -0.2) is 55.7 Å². The summed E-state index contributed by atoms with van der Waals surface area (Å²) in [5.41, 5.74) is 6.79. The second kappa shape index (κ2) is 8.82. The summed E-state index contributed by atoms with van der Waals surface area (Å²) < 4.78 is 19.8. The first-order valence-electron chi connectivity index (χ1n) is 9.75. The number of nitrogens with zero attached hydrogens (tertiary/aromatic N) is 2. The van der Waals surface area contributed by atoms with Crippen molar-refractivity contribution in [2.45, 2.75) is 44.8 Å². The summed E-state index contributed by atoms with van der Waals surface area (Å²) in [7, 11) is 0. The van der Waals surface area contributed by atoms with E-state index in [9.17, 15) is 9.18 Å². The van der Waals surface area contributed by atoms with Crippen molar-refractivity contribution in [3.8, 4) is 0 Å². The average molecular weight is 363 g/mol. The van der Waals surface area contributed by atoms with Crippen LogP contribution in [0.4, 0.5) is 10.1 Å². The van der Waals surface area contributed by atoms with Gasteiger partial charge >= 0.3 is 0 Å². The van der Waals surface area contributed by atoms with Crippen molar-refractivity contribution in [2.75, 3.05) is 37.7 Å². The van der Waals surface area contributed by atoms with Crippen LogP contribution < -0.4 is 10.6 Å². The number of nitrogens with two attached hydrogens (primary N) is 1. The van der Waals surface area contributed by atoms with E-state index in [1.165, 1.54) is 6.07 Å². The molecule has 0 spiro atoms. The van der Waals surface area contributed by atoms with Crippen molar-refractivity contribution in [1.82, 2.24) is 4.90 Å². The Labute approximate surface area is 155 Å². The van der Waals surface area contributed by atoms with E-state index in [4.69, 9.17) is 10.5 Å². The first-order chi connectivity index (χ1) is 12.6. The van der Waals surface area contributed by atoms with Crippen LogP contribution >= 0.6 is 0 Å². The van der Waals surface area contributed by atoms with Crippen LogP contribution in [0.15, 0.2) is 24.3 Å². The van der Waals surface area contributed by atoms with Crippen molar-refractivity contribution in [3.63, 3.8) is 0 Å². The van der Waals surface area contributed by atoms with E-state index < -0.39 is 0 Å². The van der Waals surface area contributed by atoms with Gasteiger partial charge in [0.25, 0.3) is 0 Å². The molecule has 5 nitrogen and oxygen atoms in total. The molecule has 0 aromatic heterocycles. The Balaban J connectivity index is 1.54. The number of carbonyl (C=O) groups excluding carboxylic acids is 1. The lowest BCUT2D eigenvalue weighted by Crippen LogP contribution is -2.52. The molecule has 3 atom stereocenters. The molecule has 1 saturated heterocycles. The predicted octanol–water partition coefficient (Wildman–Crippen LogP) is 2.40. The van der Waals surface area contributed by atoms with Gasteiger partial charge < -0.3 is 20.3 Å². The lowest BCUT2D eigenvalue weighted by molar-refractivity contribution is -0.139. The number of anilines is 1. The number of ether oxygens (including phenoxy) is 1. The molecule has 1 aromatic carbocycles. The third-order valence-electron chi connectivity index (χ3n) is 5.51. The minimum atomic E-state index is -0.204. The lowest BCUT2D eigenvalue weighted by Gasteiger charge is -2.40. The Kier molecular flexibility index (Phi) is 6.48. The Morgan fingerprint density at radius 2 is 1.96 bits per heavy atom. The van der Waals surface area contributed by atoms with Crippen molar-refractivity contribution in [3.05, 3.63) is 30.1 Å². The molecule has 1 aliphatic heterocycles. The SMILES string of the molecule is CCCO[C@@H]1C[C@@H](C(=O)N2CCN(c3ccccc3F)CC2)CC[C@H]1N. The maximum atomic E-state index is 14.0. The molecule has 1 saturated carbocycles. The Bertz CT molecular complexity index is 604. The quantitative estimate of drug-likeness (QED) is 0.873. The normalized spacial score (nSPS) is 26.8. The summed E-state index contributed by atoms with van der Waals surface area (Å²) in [5, 5.41) is 0. The van der Waals surface area contributed by atoms with E-state index in [2.05, 4.69) is 6.92 Å². The molecule has 1 aromatic rings. The van der Waals surface area contributed by atoms with E-state index >= 15 is 0 Å². The highest BCUT2D eigenvalue weighted by Gasteiger charge is 2.35. The number of hydrogen-bond acceptors (Lipinski definition) is 4. The van der Waals surface area contributed by atoms with Crippen molar-refractivity contribution >= 4 is 11.6 Å². The summed E-state index contributed by atoms with van der Waals surface area (Å²) >= 11 is 0. The molecular weight excluding hydrogens is 333 g/mol. The number of piperazine rings is 1. The summed E-state index contributed by atoms with van der Waals surface area (Å²) in [5.74, 6) is -0.00342. The van der Waals surface area contributed by atoms with Crippen LogP contribution in [0.3, 0.4) is 0 Å². The smallest absolute Gasteiger partial charge is 0.225 e. The monoisotopic (exact) mass is 363 g/mol. The first kappa shape index (κ1) is 19.1. The molecule has 0 bridgehead atoms. The van der Waals surface area contributed by atoms with Crippen LogP contribution in [0.1, 0.15) is 32.6 Å². The molecule has 3 rings (SSSR count). The highest BCUT2D eigenvalue weighted by atomic mass is 19.1. The predicted molar refractivity (Wildman–Crippen MR) is 101 cm³/mol. The van der Waals surface area contributed by atoms with Crippen LogP contribution in [-0.2, 0) is 9.53 Å². The zero-order valence-corrected chi connectivity index (χ0v) is 15.6. The Morgan fingerprint density at radius 3 is 2.65 bits per heavy atom. The average Bonchev–Trinajstić information content (AvgIpc) is 2.67. The van der Waals surface area contributed by atoms with Gasteiger partial charge in [0.15, 0.2) is 0 Å². The molecule has 6 heteroatoms. The molecule has 1 heterocycles. The van der Waals surface area contributed by atoms with Gasteiger partial charge in [0, 0.05) is 44.7 Å². The fraction of sp³-hybridized carbons (Fsp3) is 0.650. The number of amides is 1. The second-order valence-electron chi connectivity index (χ2n) is 7.35.